The van der Waals surface area contributed by atoms with Gasteiger partial charge in [0, 0.05) is 6.20 Å². The molecule has 1 aromatic carbocycles. The van der Waals surface area contributed by atoms with Crippen molar-refractivity contribution in [2.24, 2.45) is 0 Å². The summed E-state index contributed by atoms with van der Waals surface area (Å²) in [6, 6.07) is 3.30. The lowest BCUT2D eigenvalue weighted by Crippen LogP contribution is -2.16. The van der Waals surface area contributed by atoms with Crippen LogP contribution < -0.4 is 5.32 Å². The molecule has 0 radical (unpaired) electrons. The number of nitrogens with zero attached hydrogens (tertiary/aromatic N) is 1. The molecule has 2 aromatic rings. The van der Waals surface area contributed by atoms with E-state index in [4.69, 9.17) is 0 Å². The monoisotopic (exact) mass is 298 g/mol. The lowest BCUT2D eigenvalue weighted by molar-refractivity contribution is -0.137. The molecule has 0 aliphatic rings. The molecule has 1 heterocycles. The number of hydrogen-bond acceptors (Lipinski definition) is 2. The van der Waals surface area contributed by atoms with E-state index in [1.165, 1.54) is 12.4 Å². The van der Waals surface area contributed by atoms with Gasteiger partial charge in [0.25, 0.3) is 5.91 Å². The summed E-state index contributed by atoms with van der Waals surface area (Å²) >= 11 is 0. The zero-order chi connectivity index (χ0) is 15.6. The smallest absolute Gasteiger partial charge is 0.320 e. The molecule has 0 saturated heterocycles. The molecule has 0 spiro atoms. The maximum Gasteiger partial charge on any atom is 0.416 e. The highest BCUT2D eigenvalue weighted by Gasteiger charge is 2.32. The number of halogens is 4. The number of nitrogens with one attached hydrogen (secondary N) is 1. The number of hydrogen-bond donors (Lipinski definition) is 1. The first-order valence-electron chi connectivity index (χ1n) is 5.88. The van der Waals surface area contributed by atoms with Crippen molar-refractivity contribution >= 4 is 11.6 Å². The van der Waals surface area contributed by atoms with Crippen LogP contribution in [-0.2, 0) is 6.18 Å². The SMILES string of the molecule is Cc1ccncc1NC(=O)c1cc(C(F)(F)F)ccc1F. The standard InChI is InChI=1S/C14H10F4N2O/c1-8-4-5-19-7-12(8)20-13(21)10-6-9(14(16,17)18)2-3-11(10)15/h2-7H,1H3,(H,20,21). The summed E-state index contributed by atoms with van der Waals surface area (Å²) < 4.78 is 51.3. The molecule has 7 heteroatoms. The molecule has 1 N–H and O–H groups in total. The summed E-state index contributed by atoms with van der Waals surface area (Å²) in [5, 5.41) is 2.34. The molecule has 110 valence electrons. The van der Waals surface area contributed by atoms with Crippen LogP contribution in [0.3, 0.4) is 0 Å². The highest BCUT2D eigenvalue weighted by Crippen LogP contribution is 2.30. The van der Waals surface area contributed by atoms with Gasteiger partial charge < -0.3 is 5.32 Å². The Labute approximate surface area is 117 Å². The van der Waals surface area contributed by atoms with Crippen LogP contribution in [-0.4, -0.2) is 10.9 Å². The highest BCUT2D eigenvalue weighted by molar-refractivity contribution is 6.04. The molecule has 0 aliphatic carbocycles. The number of amides is 1. The zero-order valence-corrected chi connectivity index (χ0v) is 10.8. The summed E-state index contributed by atoms with van der Waals surface area (Å²) in [5.74, 6) is -1.99. The third-order valence-electron chi connectivity index (χ3n) is 2.83. The molecule has 1 aromatic heterocycles. The number of aryl methyl sites for hydroxylation is 1. The lowest BCUT2D eigenvalue weighted by atomic mass is 10.1. The number of anilines is 1. The second-order valence-corrected chi connectivity index (χ2v) is 4.34. The van der Waals surface area contributed by atoms with Crippen molar-refractivity contribution in [1.82, 2.24) is 4.98 Å². The van der Waals surface area contributed by atoms with Crippen molar-refractivity contribution in [3.05, 3.63) is 59.2 Å². The molecule has 0 saturated carbocycles. The van der Waals surface area contributed by atoms with Gasteiger partial charge >= 0.3 is 6.18 Å². The molecule has 1 amide bonds. The van der Waals surface area contributed by atoms with Crippen LogP contribution in [0.25, 0.3) is 0 Å². The first kappa shape index (κ1) is 15.0. The predicted octanol–water partition coefficient (Wildman–Crippen LogP) is 3.80. The topological polar surface area (TPSA) is 42.0 Å². The Morgan fingerprint density at radius 2 is 1.95 bits per heavy atom. The molecule has 0 atom stereocenters. The lowest BCUT2D eigenvalue weighted by Gasteiger charge is -2.11. The minimum atomic E-state index is -4.65. The Morgan fingerprint density at radius 3 is 2.57 bits per heavy atom. The Morgan fingerprint density at radius 1 is 1.24 bits per heavy atom. The Balaban J connectivity index is 2.33. The van der Waals surface area contributed by atoms with Crippen molar-refractivity contribution in [1.29, 1.82) is 0 Å². The second kappa shape index (κ2) is 5.51. The van der Waals surface area contributed by atoms with Gasteiger partial charge in [-0.15, -0.1) is 0 Å². The molecular weight excluding hydrogens is 288 g/mol. The molecular formula is C14H10F4N2O. The van der Waals surface area contributed by atoms with Gasteiger partial charge in [0.15, 0.2) is 0 Å². The fourth-order valence-corrected chi connectivity index (χ4v) is 1.66. The predicted molar refractivity (Wildman–Crippen MR) is 68.3 cm³/mol. The van der Waals surface area contributed by atoms with E-state index in [1.54, 1.807) is 13.0 Å². The van der Waals surface area contributed by atoms with E-state index in [2.05, 4.69) is 10.3 Å². The Bertz CT molecular complexity index is 683. The van der Waals surface area contributed by atoms with Crippen LogP contribution in [0, 0.1) is 12.7 Å². The Hall–Kier alpha value is -2.44. The number of carbonyl (C=O) groups is 1. The van der Waals surface area contributed by atoms with E-state index in [9.17, 15) is 22.4 Å². The fourth-order valence-electron chi connectivity index (χ4n) is 1.66. The van der Waals surface area contributed by atoms with Crippen molar-refractivity contribution in [2.75, 3.05) is 5.32 Å². The van der Waals surface area contributed by atoms with Crippen molar-refractivity contribution in [3.63, 3.8) is 0 Å². The maximum atomic E-state index is 13.6. The minimum Gasteiger partial charge on any atom is -0.320 e. The van der Waals surface area contributed by atoms with Gasteiger partial charge in [0.2, 0.25) is 0 Å². The maximum absolute atomic E-state index is 13.6. The van der Waals surface area contributed by atoms with Crippen molar-refractivity contribution in [2.45, 2.75) is 13.1 Å². The Kier molecular flexibility index (Phi) is 3.93. The van der Waals surface area contributed by atoms with Crippen molar-refractivity contribution < 1.29 is 22.4 Å². The number of alkyl halides is 3. The van der Waals surface area contributed by atoms with Crippen LogP contribution in [0.15, 0.2) is 36.7 Å². The molecule has 0 bridgehead atoms. The first-order valence-corrected chi connectivity index (χ1v) is 5.88. The summed E-state index contributed by atoms with van der Waals surface area (Å²) in [6.07, 6.45) is -1.82. The number of rotatable bonds is 2. The normalized spacial score (nSPS) is 11.3. The van der Waals surface area contributed by atoms with E-state index >= 15 is 0 Å². The summed E-state index contributed by atoms with van der Waals surface area (Å²) in [4.78, 5) is 15.7. The van der Waals surface area contributed by atoms with Gasteiger partial charge in [-0.25, -0.2) is 4.39 Å². The van der Waals surface area contributed by atoms with E-state index in [0.717, 1.165) is 0 Å². The largest absolute Gasteiger partial charge is 0.416 e. The summed E-state index contributed by atoms with van der Waals surface area (Å²) in [5.41, 5.74) is -0.796. The highest BCUT2D eigenvalue weighted by atomic mass is 19.4. The van der Waals surface area contributed by atoms with Gasteiger partial charge in [-0.3, -0.25) is 9.78 Å². The van der Waals surface area contributed by atoms with Crippen LogP contribution in [0.2, 0.25) is 0 Å². The fraction of sp³-hybridized carbons (Fsp3) is 0.143. The molecule has 2 rings (SSSR count). The van der Waals surface area contributed by atoms with Crippen LogP contribution in [0.1, 0.15) is 21.5 Å². The number of pyridine rings is 1. The van der Waals surface area contributed by atoms with Gasteiger partial charge in [0.1, 0.15) is 5.82 Å². The van der Waals surface area contributed by atoms with E-state index in [0.29, 0.717) is 29.4 Å². The molecule has 0 unspecified atom stereocenters. The quantitative estimate of drug-likeness (QED) is 0.857. The minimum absolute atomic E-state index is 0.305. The average molecular weight is 298 g/mol. The van der Waals surface area contributed by atoms with E-state index in [1.807, 2.05) is 0 Å². The summed E-state index contributed by atoms with van der Waals surface area (Å²) in [7, 11) is 0. The average Bonchev–Trinajstić information content (AvgIpc) is 2.40. The number of benzene rings is 1. The van der Waals surface area contributed by atoms with Crippen molar-refractivity contribution in [3.8, 4) is 0 Å². The van der Waals surface area contributed by atoms with Crippen LogP contribution in [0.4, 0.5) is 23.2 Å². The molecule has 0 aliphatic heterocycles. The zero-order valence-electron chi connectivity index (χ0n) is 10.8. The van der Waals surface area contributed by atoms with E-state index in [-0.39, 0.29) is 0 Å². The van der Waals surface area contributed by atoms with Crippen LogP contribution >= 0.6 is 0 Å². The first-order chi connectivity index (χ1) is 9.79. The third kappa shape index (κ3) is 3.36. The second-order valence-electron chi connectivity index (χ2n) is 4.34. The van der Waals surface area contributed by atoms with Crippen LogP contribution in [0.5, 0.6) is 0 Å². The van der Waals surface area contributed by atoms with Gasteiger partial charge in [0.05, 0.1) is 23.0 Å². The van der Waals surface area contributed by atoms with Gasteiger partial charge in [-0.1, -0.05) is 0 Å². The summed E-state index contributed by atoms with van der Waals surface area (Å²) in [6.45, 7) is 1.68. The number of carbonyl (C=O) groups excluding carboxylic acids is 1. The third-order valence-corrected chi connectivity index (χ3v) is 2.83. The van der Waals surface area contributed by atoms with Gasteiger partial charge in [-0.05, 0) is 36.8 Å². The number of aromatic nitrogens is 1. The van der Waals surface area contributed by atoms with Gasteiger partial charge in [-0.2, -0.15) is 13.2 Å². The molecule has 0 fully saturated rings. The molecule has 3 nitrogen and oxygen atoms in total. The molecule has 21 heavy (non-hydrogen) atoms. The van der Waals surface area contributed by atoms with E-state index < -0.39 is 29.0 Å².